The number of sulfonamides is 1. The molecule has 1 aromatic carbocycles. The third-order valence-electron chi connectivity index (χ3n) is 6.68. The number of benzene rings is 1. The van der Waals surface area contributed by atoms with Gasteiger partial charge in [-0.3, -0.25) is 14.3 Å². The van der Waals surface area contributed by atoms with Crippen molar-refractivity contribution in [2.24, 2.45) is 7.05 Å². The third kappa shape index (κ3) is 6.80. The van der Waals surface area contributed by atoms with Gasteiger partial charge in [-0.1, -0.05) is 12.1 Å². The van der Waals surface area contributed by atoms with Crippen molar-refractivity contribution in [1.82, 2.24) is 24.3 Å². The Morgan fingerprint density at radius 2 is 1.89 bits per heavy atom. The molecule has 2 aliphatic rings. The van der Waals surface area contributed by atoms with Crippen LogP contribution in [0.2, 0.25) is 0 Å². The molecule has 2 amide bonds. The number of ether oxygens (including phenoxy) is 2. The van der Waals surface area contributed by atoms with Crippen LogP contribution in [0.5, 0.6) is 11.5 Å². The molecule has 1 aliphatic carbocycles. The molecule has 202 valence electrons. The van der Waals surface area contributed by atoms with E-state index in [1.54, 1.807) is 29.8 Å². The Hall–Kier alpha value is -3.12. The van der Waals surface area contributed by atoms with Gasteiger partial charge in [0.2, 0.25) is 15.9 Å². The average Bonchev–Trinajstić information content (AvgIpc) is 3.66. The Morgan fingerprint density at radius 3 is 2.54 bits per heavy atom. The second kappa shape index (κ2) is 11.5. The number of para-hydroxylation sites is 1. The van der Waals surface area contributed by atoms with E-state index in [1.165, 1.54) is 10.6 Å². The summed E-state index contributed by atoms with van der Waals surface area (Å²) < 4.78 is 37.8. The maximum absolute atomic E-state index is 12.7. The SMILES string of the molecule is COc1c(CNC(=O)c2cc(C3CC3)nn2C)cccc1OCCCC(=O)N1CCN(S(C)(=O)=O)CC1. The first-order valence-electron chi connectivity index (χ1n) is 12.5. The molecule has 4 rings (SSSR count). The van der Waals surface area contributed by atoms with Crippen molar-refractivity contribution in [3.05, 3.63) is 41.2 Å². The number of rotatable bonds is 11. The minimum absolute atomic E-state index is 0.0137. The molecule has 2 fully saturated rings. The van der Waals surface area contributed by atoms with Crippen molar-refractivity contribution in [2.45, 2.75) is 38.1 Å². The van der Waals surface area contributed by atoms with Crippen molar-refractivity contribution in [2.75, 3.05) is 46.2 Å². The molecule has 1 aromatic heterocycles. The maximum Gasteiger partial charge on any atom is 0.269 e. The second-order valence-corrected chi connectivity index (χ2v) is 11.5. The number of piperazine rings is 1. The van der Waals surface area contributed by atoms with Gasteiger partial charge in [-0.05, 0) is 31.4 Å². The quantitative estimate of drug-likeness (QED) is 0.434. The molecule has 2 aromatic rings. The standard InChI is InChI=1S/C25H35N5O6S/c1-28-21(16-20(27-28)18-9-10-18)25(32)26-17-19-6-4-7-22(24(19)35-2)36-15-5-8-23(31)29-11-13-30(14-12-29)37(3,33)34/h4,6-7,16,18H,5,8-15,17H2,1-3H3,(H,26,32). The summed E-state index contributed by atoms with van der Waals surface area (Å²) in [6.07, 6.45) is 4.25. The van der Waals surface area contributed by atoms with E-state index in [1.807, 2.05) is 18.2 Å². The van der Waals surface area contributed by atoms with E-state index in [0.29, 0.717) is 68.7 Å². The normalized spacial score (nSPS) is 16.5. The largest absolute Gasteiger partial charge is 0.493 e. The van der Waals surface area contributed by atoms with E-state index in [0.717, 1.165) is 24.1 Å². The Kier molecular flexibility index (Phi) is 8.38. The van der Waals surface area contributed by atoms with Crippen molar-refractivity contribution < 1.29 is 27.5 Å². The highest BCUT2D eigenvalue weighted by atomic mass is 32.2. The van der Waals surface area contributed by atoms with Crippen LogP contribution in [0.25, 0.3) is 0 Å². The number of carbonyl (C=O) groups is 2. The monoisotopic (exact) mass is 533 g/mol. The van der Waals surface area contributed by atoms with Gasteiger partial charge in [0.25, 0.3) is 5.91 Å². The number of nitrogens with zero attached hydrogens (tertiary/aromatic N) is 4. The fraction of sp³-hybridized carbons (Fsp3) is 0.560. The Morgan fingerprint density at radius 1 is 1.16 bits per heavy atom. The molecule has 1 N–H and O–H groups in total. The fourth-order valence-corrected chi connectivity index (χ4v) is 5.25. The van der Waals surface area contributed by atoms with E-state index in [9.17, 15) is 18.0 Å². The van der Waals surface area contributed by atoms with E-state index in [2.05, 4.69) is 10.4 Å². The summed E-state index contributed by atoms with van der Waals surface area (Å²) in [5.41, 5.74) is 2.27. The summed E-state index contributed by atoms with van der Waals surface area (Å²) in [4.78, 5) is 26.9. The van der Waals surface area contributed by atoms with Gasteiger partial charge in [0.1, 0.15) is 5.69 Å². The van der Waals surface area contributed by atoms with Crippen molar-refractivity contribution in [1.29, 1.82) is 0 Å². The minimum Gasteiger partial charge on any atom is -0.493 e. The van der Waals surface area contributed by atoms with Crippen LogP contribution in [-0.4, -0.2) is 85.4 Å². The van der Waals surface area contributed by atoms with Crippen LogP contribution < -0.4 is 14.8 Å². The zero-order valence-electron chi connectivity index (χ0n) is 21.6. The Labute approximate surface area is 217 Å². The molecule has 0 radical (unpaired) electrons. The lowest BCUT2D eigenvalue weighted by molar-refractivity contribution is -0.132. The number of carbonyl (C=O) groups excluding carboxylic acids is 2. The number of amides is 2. The van der Waals surface area contributed by atoms with Gasteiger partial charge in [-0.25, -0.2) is 8.42 Å². The molecule has 0 unspecified atom stereocenters. The summed E-state index contributed by atoms with van der Waals surface area (Å²) in [5, 5.41) is 7.39. The van der Waals surface area contributed by atoms with E-state index in [4.69, 9.17) is 9.47 Å². The van der Waals surface area contributed by atoms with Gasteiger partial charge in [0.15, 0.2) is 11.5 Å². The lowest BCUT2D eigenvalue weighted by atomic mass is 10.1. The highest BCUT2D eigenvalue weighted by Gasteiger charge is 2.28. The molecule has 2 heterocycles. The van der Waals surface area contributed by atoms with Gasteiger partial charge < -0.3 is 19.7 Å². The maximum atomic E-state index is 12.7. The Balaban J connectivity index is 1.25. The third-order valence-corrected chi connectivity index (χ3v) is 7.99. The molecular formula is C25H35N5O6S. The number of nitrogens with one attached hydrogen (secondary N) is 1. The van der Waals surface area contributed by atoms with Crippen molar-refractivity contribution in [3.63, 3.8) is 0 Å². The molecular weight excluding hydrogens is 498 g/mol. The lowest BCUT2D eigenvalue weighted by Gasteiger charge is -2.33. The zero-order valence-corrected chi connectivity index (χ0v) is 22.4. The van der Waals surface area contributed by atoms with Crippen LogP contribution in [0.1, 0.15) is 53.3 Å². The van der Waals surface area contributed by atoms with Crippen LogP contribution in [0.4, 0.5) is 0 Å². The number of aromatic nitrogens is 2. The average molecular weight is 534 g/mol. The number of aryl methyl sites for hydroxylation is 1. The summed E-state index contributed by atoms with van der Waals surface area (Å²) in [7, 11) is 0.100. The molecule has 0 atom stereocenters. The van der Waals surface area contributed by atoms with Gasteiger partial charge in [-0.2, -0.15) is 9.40 Å². The predicted octanol–water partition coefficient (Wildman–Crippen LogP) is 1.50. The molecule has 1 aliphatic heterocycles. The Bertz CT molecular complexity index is 1230. The van der Waals surface area contributed by atoms with E-state index >= 15 is 0 Å². The molecule has 1 saturated carbocycles. The summed E-state index contributed by atoms with van der Waals surface area (Å²) in [6, 6.07) is 7.35. The first-order valence-corrected chi connectivity index (χ1v) is 14.4. The summed E-state index contributed by atoms with van der Waals surface area (Å²) in [6.45, 7) is 2.03. The van der Waals surface area contributed by atoms with Crippen LogP contribution in [0.3, 0.4) is 0 Å². The second-order valence-electron chi connectivity index (χ2n) is 9.48. The van der Waals surface area contributed by atoms with Crippen LogP contribution in [0, 0.1) is 0 Å². The van der Waals surface area contributed by atoms with Gasteiger partial charge in [-0.15, -0.1) is 0 Å². The van der Waals surface area contributed by atoms with Gasteiger partial charge in [0, 0.05) is 57.7 Å². The molecule has 11 nitrogen and oxygen atoms in total. The van der Waals surface area contributed by atoms with Crippen LogP contribution >= 0.6 is 0 Å². The number of hydrogen-bond acceptors (Lipinski definition) is 7. The number of methoxy groups -OCH3 is 1. The van der Waals surface area contributed by atoms with Crippen LogP contribution in [-0.2, 0) is 28.4 Å². The minimum atomic E-state index is -3.23. The zero-order chi connectivity index (χ0) is 26.6. The molecule has 12 heteroatoms. The smallest absolute Gasteiger partial charge is 0.269 e. The first-order chi connectivity index (χ1) is 17.7. The van der Waals surface area contributed by atoms with Crippen LogP contribution in [0.15, 0.2) is 24.3 Å². The predicted molar refractivity (Wildman–Crippen MR) is 137 cm³/mol. The molecule has 0 spiro atoms. The van der Waals surface area contributed by atoms with Gasteiger partial charge in [0.05, 0.1) is 25.7 Å². The lowest BCUT2D eigenvalue weighted by Crippen LogP contribution is -2.50. The highest BCUT2D eigenvalue weighted by molar-refractivity contribution is 7.88. The fourth-order valence-electron chi connectivity index (χ4n) is 4.43. The van der Waals surface area contributed by atoms with E-state index in [-0.39, 0.29) is 18.4 Å². The van der Waals surface area contributed by atoms with Crippen molar-refractivity contribution in [3.8, 4) is 11.5 Å². The highest BCUT2D eigenvalue weighted by Crippen LogP contribution is 2.39. The topological polar surface area (TPSA) is 123 Å². The summed E-state index contributed by atoms with van der Waals surface area (Å²) >= 11 is 0. The van der Waals surface area contributed by atoms with Gasteiger partial charge >= 0.3 is 0 Å². The molecule has 1 saturated heterocycles. The molecule has 37 heavy (non-hydrogen) atoms. The first kappa shape index (κ1) is 26.9. The molecule has 0 bridgehead atoms. The van der Waals surface area contributed by atoms with E-state index < -0.39 is 10.0 Å². The number of hydrogen-bond donors (Lipinski definition) is 1. The van der Waals surface area contributed by atoms with Crippen molar-refractivity contribution >= 4 is 21.8 Å². The summed E-state index contributed by atoms with van der Waals surface area (Å²) in [5.74, 6) is 1.34.